The van der Waals surface area contributed by atoms with E-state index in [0.29, 0.717) is 0 Å². The maximum atomic E-state index is 9.10. The van der Waals surface area contributed by atoms with Crippen molar-refractivity contribution in [3.8, 4) is 0 Å². The molecule has 3 nitrogen and oxygen atoms in total. The number of rotatable bonds is 5. The van der Waals surface area contributed by atoms with Crippen LogP contribution < -0.4 is 5.73 Å². The van der Waals surface area contributed by atoms with Gasteiger partial charge in [-0.2, -0.15) is 0 Å². The lowest BCUT2D eigenvalue weighted by Crippen LogP contribution is -2.51. The van der Waals surface area contributed by atoms with Gasteiger partial charge in [0.1, 0.15) is 0 Å². The third-order valence-electron chi connectivity index (χ3n) is 4.85. The molecule has 0 aromatic heterocycles. The lowest BCUT2D eigenvalue weighted by molar-refractivity contribution is 0.0997. The van der Waals surface area contributed by atoms with Crippen LogP contribution in [0.4, 0.5) is 0 Å². The largest absolute Gasteiger partial charge is 0.392 e. The maximum absolute atomic E-state index is 9.10. The van der Waals surface area contributed by atoms with Crippen LogP contribution in [0.5, 0.6) is 0 Å². The van der Waals surface area contributed by atoms with Crippen molar-refractivity contribution in [2.24, 2.45) is 5.73 Å². The molecule has 2 rings (SSSR count). The number of hydrogen-bond donors (Lipinski definition) is 2. The van der Waals surface area contributed by atoms with Gasteiger partial charge in [-0.05, 0) is 31.0 Å². The number of aliphatic hydroxyl groups is 1. The number of aliphatic hydroxyl groups excluding tert-OH is 1. The molecule has 1 aromatic carbocycles. The summed E-state index contributed by atoms with van der Waals surface area (Å²) in [6.45, 7) is 1.80. The highest BCUT2D eigenvalue weighted by Gasteiger charge is 2.33. The Morgan fingerprint density at radius 2 is 1.60 bits per heavy atom. The highest BCUT2D eigenvalue weighted by molar-refractivity contribution is 5.22. The van der Waals surface area contributed by atoms with Crippen molar-refractivity contribution in [3.05, 3.63) is 35.4 Å². The topological polar surface area (TPSA) is 49.5 Å². The second-order valence-corrected chi connectivity index (χ2v) is 6.17. The normalized spacial score (nSPS) is 19.0. The van der Waals surface area contributed by atoms with E-state index in [4.69, 9.17) is 10.8 Å². The van der Waals surface area contributed by atoms with Gasteiger partial charge in [0.25, 0.3) is 0 Å². The molecule has 0 amide bonds. The molecule has 0 atom stereocenters. The Kier molecular flexibility index (Phi) is 5.58. The van der Waals surface area contributed by atoms with E-state index in [0.717, 1.165) is 18.7 Å². The Balaban J connectivity index is 2.05. The fraction of sp³-hybridized carbons (Fsp3) is 0.647. The van der Waals surface area contributed by atoms with E-state index in [-0.39, 0.29) is 12.1 Å². The predicted molar refractivity (Wildman–Crippen MR) is 83.3 cm³/mol. The van der Waals surface area contributed by atoms with E-state index >= 15 is 0 Å². The smallest absolute Gasteiger partial charge is 0.0681 e. The van der Waals surface area contributed by atoms with Crippen molar-refractivity contribution >= 4 is 0 Å². The van der Waals surface area contributed by atoms with Gasteiger partial charge < -0.3 is 10.8 Å². The van der Waals surface area contributed by atoms with Gasteiger partial charge in [-0.3, -0.25) is 4.90 Å². The van der Waals surface area contributed by atoms with Crippen LogP contribution in [0.15, 0.2) is 24.3 Å². The summed E-state index contributed by atoms with van der Waals surface area (Å²) in [6.07, 6.45) is 7.72. The van der Waals surface area contributed by atoms with Crippen molar-refractivity contribution in [1.29, 1.82) is 0 Å². The van der Waals surface area contributed by atoms with Crippen molar-refractivity contribution in [3.63, 3.8) is 0 Å². The zero-order chi connectivity index (χ0) is 14.4. The van der Waals surface area contributed by atoms with Crippen LogP contribution in [0.25, 0.3) is 0 Å². The third-order valence-corrected chi connectivity index (χ3v) is 4.85. The molecule has 0 spiro atoms. The third kappa shape index (κ3) is 3.60. The van der Waals surface area contributed by atoms with Gasteiger partial charge in [-0.25, -0.2) is 0 Å². The molecule has 0 aliphatic heterocycles. The van der Waals surface area contributed by atoms with E-state index in [2.05, 4.69) is 24.1 Å². The van der Waals surface area contributed by atoms with Crippen LogP contribution in [0.1, 0.15) is 49.7 Å². The molecule has 1 aliphatic carbocycles. The second kappa shape index (κ2) is 7.21. The zero-order valence-corrected chi connectivity index (χ0v) is 12.6. The van der Waals surface area contributed by atoms with Crippen LogP contribution in [0.2, 0.25) is 0 Å². The number of nitrogens with two attached hydrogens (primary N) is 1. The Hall–Kier alpha value is -0.900. The average Bonchev–Trinajstić information content (AvgIpc) is 2.74. The molecule has 0 bridgehead atoms. The zero-order valence-electron chi connectivity index (χ0n) is 12.6. The molecular weight excluding hydrogens is 248 g/mol. The van der Waals surface area contributed by atoms with Crippen LogP contribution in [-0.2, 0) is 13.2 Å². The van der Waals surface area contributed by atoms with Gasteiger partial charge in [0, 0.05) is 18.6 Å². The molecule has 112 valence electrons. The molecule has 1 aromatic rings. The predicted octanol–water partition coefficient (Wildman–Crippen LogP) is 2.66. The Bertz CT molecular complexity index is 394. The lowest BCUT2D eigenvalue weighted by atomic mass is 9.88. The second-order valence-electron chi connectivity index (χ2n) is 6.17. The van der Waals surface area contributed by atoms with Gasteiger partial charge >= 0.3 is 0 Å². The first-order valence-electron chi connectivity index (χ1n) is 7.80. The van der Waals surface area contributed by atoms with E-state index in [1.807, 2.05) is 12.1 Å². The van der Waals surface area contributed by atoms with Crippen molar-refractivity contribution < 1.29 is 5.11 Å². The van der Waals surface area contributed by atoms with Crippen LogP contribution in [0, 0.1) is 0 Å². The minimum atomic E-state index is 0.114. The summed E-state index contributed by atoms with van der Waals surface area (Å²) in [6, 6.07) is 8.24. The summed E-state index contributed by atoms with van der Waals surface area (Å²) in [5, 5.41) is 9.10. The molecule has 0 heterocycles. The van der Waals surface area contributed by atoms with E-state index in [1.165, 1.54) is 44.1 Å². The van der Waals surface area contributed by atoms with Crippen molar-refractivity contribution in [2.45, 2.75) is 57.2 Å². The molecule has 1 aliphatic rings. The van der Waals surface area contributed by atoms with Gasteiger partial charge in [0.15, 0.2) is 0 Å². The van der Waals surface area contributed by atoms with Crippen LogP contribution in [0.3, 0.4) is 0 Å². The quantitative estimate of drug-likeness (QED) is 0.813. The SMILES string of the molecule is CN(Cc1ccc(CO)cc1)C1(CN)CCCCCC1. The number of benzene rings is 1. The summed E-state index contributed by atoms with van der Waals surface area (Å²) < 4.78 is 0. The minimum Gasteiger partial charge on any atom is -0.392 e. The summed E-state index contributed by atoms with van der Waals surface area (Å²) in [4.78, 5) is 2.45. The molecule has 0 saturated heterocycles. The summed E-state index contributed by atoms with van der Waals surface area (Å²) >= 11 is 0. The van der Waals surface area contributed by atoms with Gasteiger partial charge in [0.2, 0.25) is 0 Å². The first-order chi connectivity index (χ1) is 9.70. The maximum Gasteiger partial charge on any atom is 0.0681 e. The van der Waals surface area contributed by atoms with Crippen LogP contribution >= 0.6 is 0 Å². The van der Waals surface area contributed by atoms with Gasteiger partial charge in [-0.1, -0.05) is 49.9 Å². The van der Waals surface area contributed by atoms with Crippen LogP contribution in [-0.4, -0.2) is 29.1 Å². The Morgan fingerprint density at radius 3 is 2.10 bits per heavy atom. The highest BCUT2D eigenvalue weighted by atomic mass is 16.3. The Labute approximate surface area is 122 Å². The molecular formula is C17H28N2O. The fourth-order valence-electron chi connectivity index (χ4n) is 3.32. The minimum absolute atomic E-state index is 0.114. The monoisotopic (exact) mass is 276 g/mol. The molecule has 0 radical (unpaired) electrons. The molecule has 20 heavy (non-hydrogen) atoms. The standard InChI is InChI=1S/C17H28N2O/c1-19(12-15-6-8-16(13-20)9-7-15)17(14-18)10-4-2-3-5-11-17/h6-9,20H,2-5,10-14,18H2,1H3. The fourth-order valence-corrected chi connectivity index (χ4v) is 3.32. The molecule has 0 unspecified atom stereocenters. The highest BCUT2D eigenvalue weighted by Crippen LogP contribution is 2.32. The Morgan fingerprint density at radius 1 is 1.05 bits per heavy atom. The number of hydrogen-bond acceptors (Lipinski definition) is 3. The average molecular weight is 276 g/mol. The molecule has 3 N–H and O–H groups in total. The van der Waals surface area contributed by atoms with Gasteiger partial charge in [-0.15, -0.1) is 0 Å². The number of nitrogens with zero attached hydrogens (tertiary/aromatic N) is 1. The summed E-state index contributed by atoms with van der Waals surface area (Å²) in [5.41, 5.74) is 8.57. The van der Waals surface area contributed by atoms with Crippen molar-refractivity contribution in [1.82, 2.24) is 4.90 Å². The molecule has 3 heteroatoms. The number of likely N-dealkylation sites (N-methyl/N-ethyl adjacent to an activating group) is 1. The first-order valence-corrected chi connectivity index (χ1v) is 7.80. The first kappa shape index (κ1) is 15.5. The summed E-state index contributed by atoms with van der Waals surface area (Å²) in [5.74, 6) is 0. The molecule has 1 saturated carbocycles. The van der Waals surface area contributed by atoms with E-state index in [9.17, 15) is 0 Å². The van der Waals surface area contributed by atoms with E-state index < -0.39 is 0 Å². The summed E-state index contributed by atoms with van der Waals surface area (Å²) in [7, 11) is 2.21. The van der Waals surface area contributed by atoms with Gasteiger partial charge in [0.05, 0.1) is 6.61 Å². The van der Waals surface area contributed by atoms with E-state index in [1.54, 1.807) is 0 Å². The van der Waals surface area contributed by atoms with Crippen molar-refractivity contribution in [2.75, 3.05) is 13.6 Å². The lowest BCUT2D eigenvalue weighted by Gasteiger charge is -2.41. The molecule has 1 fully saturated rings.